The molecule has 0 bridgehead atoms. The summed E-state index contributed by atoms with van der Waals surface area (Å²) in [5.74, 6) is -0.436. The van der Waals surface area contributed by atoms with E-state index >= 15 is 0 Å². The number of rotatable bonds is 1. The zero-order valence-electron chi connectivity index (χ0n) is 11.9. The number of fused-ring (bicyclic) bond motifs is 1. The Morgan fingerprint density at radius 3 is 2.90 bits per heavy atom. The Kier molecular flexibility index (Phi) is 2.97. The molecule has 2 aliphatic rings. The van der Waals surface area contributed by atoms with E-state index in [2.05, 4.69) is 16.0 Å². The van der Waals surface area contributed by atoms with Crippen LogP contribution >= 0.6 is 0 Å². The number of pyridine rings is 1. The van der Waals surface area contributed by atoms with Crippen molar-refractivity contribution in [2.45, 2.75) is 18.6 Å². The van der Waals surface area contributed by atoms with Crippen LogP contribution in [-0.4, -0.2) is 37.1 Å². The second-order valence-corrected chi connectivity index (χ2v) is 5.70. The third-order valence-corrected chi connectivity index (χ3v) is 4.38. The maximum Gasteiger partial charge on any atom is 0.186 e. The first kappa shape index (κ1) is 12.9. The van der Waals surface area contributed by atoms with E-state index in [0.29, 0.717) is 13.2 Å². The predicted molar refractivity (Wildman–Crippen MR) is 82.2 cm³/mol. The van der Waals surface area contributed by atoms with Gasteiger partial charge < -0.3 is 20.1 Å². The van der Waals surface area contributed by atoms with Crippen molar-refractivity contribution in [1.82, 2.24) is 4.98 Å². The molecule has 5 nitrogen and oxygen atoms in total. The molecule has 0 radical (unpaired) electrons. The largest absolute Gasteiger partial charge is 0.396 e. The fraction of sp³-hybridized carbons (Fsp3) is 0.438. The summed E-state index contributed by atoms with van der Waals surface area (Å²) in [4.78, 5) is 6.63. The van der Waals surface area contributed by atoms with Crippen LogP contribution in [0.5, 0.6) is 0 Å². The summed E-state index contributed by atoms with van der Waals surface area (Å²) in [7, 11) is 0. The molecule has 0 atom stereocenters. The molecule has 2 N–H and O–H groups in total. The molecule has 2 aliphatic heterocycles. The molecular formula is C16H19N3O2. The minimum absolute atomic E-state index is 0.436. The lowest BCUT2D eigenvalue weighted by Gasteiger charge is -2.40. The zero-order valence-corrected chi connectivity index (χ0v) is 11.9. The van der Waals surface area contributed by atoms with Crippen LogP contribution in [0.15, 0.2) is 30.5 Å². The Morgan fingerprint density at radius 1 is 1.19 bits per heavy atom. The minimum Gasteiger partial charge on any atom is -0.396 e. The highest BCUT2D eigenvalue weighted by atomic mass is 16.7. The van der Waals surface area contributed by atoms with E-state index in [-0.39, 0.29) is 0 Å². The first-order valence-electron chi connectivity index (χ1n) is 7.44. The highest BCUT2D eigenvalue weighted by Gasteiger charge is 2.41. The highest BCUT2D eigenvalue weighted by Crippen LogP contribution is 2.36. The average molecular weight is 285 g/mol. The Balaban J connectivity index is 1.71. The van der Waals surface area contributed by atoms with E-state index in [1.165, 1.54) is 0 Å². The van der Waals surface area contributed by atoms with Gasteiger partial charge in [-0.25, -0.2) is 0 Å². The standard InChI is InChI=1S/C16H19N3O2/c17-15-12-3-1-7-18-13(12)4-5-14(15)19-8-2-6-16(11-19)20-9-10-21-16/h1,3-5,7H,2,6,8-11,17H2. The van der Waals surface area contributed by atoms with Gasteiger partial charge in [-0.15, -0.1) is 0 Å². The van der Waals surface area contributed by atoms with Gasteiger partial charge in [-0.3, -0.25) is 4.98 Å². The van der Waals surface area contributed by atoms with E-state index in [4.69, 9.17) is 15.2 Å². The molecular weight excluding hydrogens is 266 g/mol. The predicted octanol–water partition coefficient (Wildman–Crippen LogP) is 2.16. The van der Waals surface area contributed by atoms with Crippen LogP contribution < -0.4 is 10.6 Å². The SMILES string of the molecule is Nc1c(N2CCCC3(C2)OCCO3)ccc2ncccc12. The lowest BCUT2D eigenvalue weighted by molar-refractivity contribution is -0.161. The lowest BCUT2D eigenvalue weighted by atomic mass is 10.0. The monoisotopic (exact) mass is 285 g/mol. The molecule has 21 heavy (non-hydrogen) atoms. The van der Waals surface area contributed by atoms with Crippen LogP contribution in [0.2, 0.25) is 0 Å². The fourth-order valence-corrected chi connectivity index (χ4v) is 3.37. The number of hydrogen-bond donors (Lipinski definition) is 1. The quantitative estimate of drug-likeness (QED) is 0.814. The molecule has 2 fully saturated rings. The van der Waals surface area contributed by atoms with Crippen molar-refractivity contribution in [2.75, 3.05) is 36.9 Å². The maximum absolute atomic E-state index is 6.37. The Hall–Kier alpha value is -1.85. The number of ether oxygens (including phenoxy) is 2. The van der Waals surface area contributed by atoms with Crippen LogP contribution in [0.3, 0.4) is 0 Å². The maximum atomic E-state index is 6.37. The van der Waals surface area contributed by atoms with Gasteiger partial charge in [0, 0.05) is 24.5 Å². The van der Waals surface area contributed by atoms with Gasteiger partial charge in [0.2, 0.25) is 0 Å². The van der Waals surface area contributed by atoms with Gasteiger partial charge in [-0.1, -0.05) is 0 Å². The number of anilines is 2. The summed E-state index contributed by atoms with van der Waals surface area (Å²) in [6, 6.07) is 8.02. The molecule has 4 rings (SSSR count). The topological polar surface area (TPSA) is 60.6 Å². The third kappa shape index (κ3) is 2.13. The molecule has 2 aromatic rings. The van der Waals surface area contributed by atoms with E-state index in [0.717, 1.165) is 48.2 Å². The van der Waals surface area contributed by atoms with Crippen LogP contribution in [0, 0.1) is 0 Å². The van der Waals surface area contributed by atoms with E-state index in [9.17, 15) is 0 Å². The number of nitrogens with two attached hydrogens (primary N) is 1. The number of nitrogens with zero attached hydrogens (tertiary/aromatic N) is 2. The van der Waals surface area contributed by atoms with Gasteiger partial charge in [0.25, 0.3) is 0 Å². The molecule has 5 heteroatoms. The van der Waals surface area contributed by atoms with Gasteiger partial charge in [0.1, 0.15) is 0 Å². The van der Waals surface area contributed by atoms with Crippen molar-refractivity contribution < 1.29 is 9.47 Å². The molecule has 0 amide bonds. The number of aromatic nitrogens is 1. The molecule has 1 spiro atoms. The van der Waals surface area contributed by atoms with E-state index < -0.39 is 5.79 Å². The third-order valence-electron chi connectivity index (χ3n) is 4.38. The minimum atomic E-state index is -0.436. The molecule has 2 saturated heterocycles. The van der Waals surface area contributed by atoms with Crippen molar-refractivity contribution in [3.63, 3.8) is 0 Å². The van der Waals surface area contributed by atoms with E-state index in [1.54, 1.807) is 6.20 Å². The summed E-state index contributed by atoms with van der Waals surface area (Å²) in [5.41, 5.74) is 9.14. The highest BCUT2D eigenvalue weighted by molar-refractivity contribution is 5.97. The number of nitrogen functional groups attached to an aromatic ring is 1. The summed E-state index contributed by atoms with van der Waals surface area (Å²) < 4.78 is 11.7. The molecule has 3 heterocycles. The summed E-state index contributed by atoms with van der Waals surface area (Å²) in [6.45, 7) is 3.09. The second kappa shape index (κ2) is 4.86. The Bertz CT molecular complexity index is 668. The van der Waals surface area contributed by atoms with Crippen LogP contribution in [0.4, 0.5) is 11.4 Å². The van der Waals surface area contributed by atoms with Gasteiger partial charge in [0.15, 0.2) is 5.79 Å². The Labute approximate surface area is 123 Å². The van der Waals surface area contributed by atoms with Gasteiger partial charge in [0.05, 0.1) is 36.6 Å². The Morgan fingerprint density at radius 2 is 2.05 bits per heavy atom. The van der Waals surface area contributed by atoms with Crippen molar-refractivity contribution in [1.29, 1.82) is 0 Å². The van der Waals surface area contributed by atoms with E-state index in [1.807, 2.05) is 18.2 Å². The fourth-order valence-electron chi connectivity index (χ4n) is 3.37. The normalized spacial score (nSPS) is 21.2. The summed E-state index contributed by atoms with van der Waals surface area (Å²) >= 11 is 0. The van der Waals surface area contributed by atoms with Gasteiger partial charge in [-0.05, 0) is 30.7 Å². The number of piperidine rings is 1. The second-order valence-electron chi connectivity index (χ2n) is 5.70. The van der Waals surface area contributed by atoms with Crippen molar-refractivity contribution in [3.05, 3.63) is 30.5 Å². The van der Waals surface area contributed by atoms with Crippen LogP contribution in [0.1, 0.15) is 12.8 Å². The molecule has 1 aromatic carbocycles. The zero-order chi connectivity index (χ0) is 14.3. The summed E-state index contributed by atoms with van der Waals surface area (Å²) in [6.07, 6.45) is 3.79. The molecule has 0 unspecified atom stereocenters. The van der Waals surface area contributed by atoms with Crippen molar-refractivity contribution in [2.24, 2.45) is 0 Å². The molecule has 0 saturated carbocycles. The number of hydrogen-bond acceptors (Lipinski definition) is 5. The van der Waals surface area contributed by atoms with Crippen LogP contribution in [0.25, 0.3) is 10.9 Å². The lowest BCUT2D eigenvalue weighted by Crippen LogP contribution is -2.49. The smallest absolute Gasteiger partial charge is 0.186 e. The van der Waals surface area contributed by atoms with Crippen molar-refractivity contribution in [3.8, 4) is 0 Å². The first-order valence-corrected chi connectivity index (χ1v) is 7.44. The first-order chi connectivity index (χ1) is 10.3. The van der Waals surface area contributed by atoms with Gasteiger partial charge >= 0.3 is 0 Å². The molecule has 1 aromatic heterocycles. The van der Waals surface area contributed by atoms with Gasteiger partial charge in [-0.2, -0.15) is 0 Å². The number of benzene rings is 1. The van der Waals surface area contributed by atoms with Crippen molar-refractivity contribution >= 4 is 22.3 Å². The molecule has 110 valence electrons. The summed E-state index contributed by atoms with van der Waals surface area (Å²) in [5, 5.41) is 1.00. The molecule has 0 aliphatic carbocycles. The van der Waals surface area contributed by atoms with Crippen LogP contribution in [-0.2, 0) is 9.47 Å². The average Bonchev–Trinajstić information content (AvgIpc) is 2.96.